The molecule has 5 rings (SSSR count). The molecule has 10 heteroatoms. The van der Waals surface area contributed by atoms with E-state index in [9.17, 15) is 14.4 Å². The quantitative estimate of drug-likeness (QED) is 0.295. The minimum atomic E-state index is -0.556. The Morgan fingerprint density at radius 1 is 0.976 bits per heavy atom. The number of rotatable bonds is 6. The molecule has 0 atom stereocenters. The number of anilines is 1. The Bertz CT molecular complexity index is 1440. The second-order valence-corrected chi connectivity index (χ2v) is 13.5. The van der Waals surface area contributed by atoms with E-state index in [0.29, 0.717) is 36.6 Å². The number of carbonyl (C=O) groups excluding carboxylic acids is 3. The van der Waals surface area contributed by atoms with E-state index in [4.69, 9.17) is 9.47 Å². The first kappa shape index (κ1) is 29.1. The van der Waals surface area contributed by atoms with Gasteiger partial charge >= 0.3 is 18.1 Å². The molecule has 3 heterocycles. The molecule has 218 valence electrons. The fraction of sp³-hybridized carbons (Fsp3) is 0.452. The summed E-state index contributed by atoms with van der Waals surface area (Å²) in [6.07, 6.45) is 4.22. The van der Waals surface area contributed by atoms with Gasteiger partial charge in [-0.05, 0) is 82.1 Å². The lowest BCUT2D eigenvalue weighted by Gasteiger charge is -2.30. The van der Waals surface area contributed by atoms with E-state index in [1.807, 2.05) is 39.0 Å². The average Bonchev–Trinajstić information content (AvgIpc) is 3.49. The van der Waals surface area contributed by atoms with Crippen LogP contribution >= 0.6 is 22.7 Å². The first-order valence-corrected chi connectivity index (χ1v) is 15.8. The third-order valence-corrected chi connectivity index (χ3v) is 9.67. The number of benzene rings is 1. The van der Waals surface area contributed by atoms with Crippen LogP contribution < -0.4 is 10.6 Å². The molecule has 0 fully saturated rings. The van der Waals surface area contributed by atoms with Gasteiger partial charge in [0, 0.05) is 27.7 Å². The molecule has 2 aromatic heterocycles. The highest BCUT2D eigenvalue weighted by molar-refractivity contribution is 7.17. The van der Waals surface area contributed by atoms with E-state index in [0.717, 1.165) is 57.0 Å². The van der Waals surface area contributed by atoms with E-state index < -0.39 is 5.60 Å². The summed E-state index contributed by atoms with van der Waals surface area (Å²) in [7, 11) is 0. The minimum absolute atomic E-state index is 0.284. The van der Waals surface area contributed by atoms with Crippen molar-refractivity contribution in [2.75, 3.05) is 18.5 Å². The van der Waals surface area contributed by atoms with Crippen molar-refractivity contribution in [1.82, 2.24) is 10.2 Å². The topological polar surface area (TPSA) is 97.0 Å². The molecule has 2 N–H and O–H groups in total. The van der Waals surface area contributed by atoms with Crippen LogP contribution in [0.2, 0.25) is 0 Å². The molecule has 8 nitrogen and oxygen atoms in total. The van der Waals surface area contributed by atoms with E-state index in [2.05, 4.69) is 22.8 Å². The smallest absolute Gasteiger partial charge is 0.410 e. The van der Waals surface area contributed by atoms with Crippen molar-refractivity contribution < 1.29 is 23.9 Å². The molecule has 0 unspecified atom stereocenters. The maximum atomic E-state index is 13.2. The van der Waals surface area contributed by atoms with Crippen molar-refractivity contribution in [2.45, 2.75) is 78.5 Å². The molecular weight excluding hydrogens is 558 g/mol. The summed E-state index contributed by atoms with van der Waals surface area (Å²) in [6.45, 7) is 9.04. The number of esters is 1. The van der Waals surface area contributed by atoms with Crippen LogP contribution in [0.25, 0.3) is 10.4 Å². The van der Waals surface area contributed by atoms with Gasteiger partial charge in [-0.1, -0.05) is 30.3 Å². The molecule has 0 saturated carbocycles. The van der Waals surface area contributed by atoms with Crippen molar-refractivity contribution in [2.24, 2.45) is 0 Å². The molecule has 0 bridgehead atoms. The molecule has 3 aromatic rings. The molecule has 1 aromatic carbocycles. The third-order valence-electron chi connectivity index (χ3n) is 7.16. The van der Waals surface area contributed by atoms with E-state index in [-0.39, 0.29) is 24.7 Å². The van der Waals surface area contributed by atoms with Gasteiger partial charge in [0.2, 0.25) is 0 Å². The van der Waals surface area contributed by atoms with Crippen molar-refractivity contribution in [3.05, 3.63) is 62.3 Å². The highest BCUT2D eigenvalue weighted by atomic mass is 32.1. The van der Waals surface area contributed by atoms with Gasteiger partial charge in [0.05, 0.1) is 18.7 Å². The summed E-state index contributed by atoms with van der Waals surface area (Å²) >= 11 is 3.14. The molecule has 1 aliphatic carbocycles. The number of ether oxygens (including phenoxy) is 2. The number of nitrogens with zero attached hydrogens (tertiary/aromatic N) is 1. The molecule has 3 amide bonds. The van der Waals surface area contributed by atoms with Crippen molar-refractivity contribution in [3.63, 3.8) is 0 Å². The molecule has 1 aliphatic heterocycles. The van der Waals surface area contributed by atoms with Gasteiger partial charge in [-0.15, -0.1) is 22.7 Å². The highest BCUT2D eigenvalue weighted by Gasteiger charge is 2.31. The number of hydrogen-bond donors (Lipinski definition) is 2. The lowest BCUT2D eigenvalue weighted by molar-refractivity contribution is 0.0226. The second-order valence-electron chi connectivity index (χ2n) is 11.3. The monoisotopic (exact) mass is 595 g/mol. The average molecular weight is 596 g/mol. The predicted octanol–water partition coefficient (Wildman–Crippen LogP) is 7.15. The summed E-state index contributed by atoms with van der Waals surface area (Å²) in [5, 5.41) is 6.55. The number of aryl methyl sites for hydroxylation is 1. The Kier molecular flexibility index (Phi) is 8.70. The third kappa shape index (κ3) is 6.59. The fourth-order valence-corrected chi connectivity index (χ4v) is 8.01. The van der Waals surface area contributed by atoms with Gasteiger partial charge in [-0.2, -0.15) is 0 Å². The summed E-state index contributed by atoms with van der Waals surface area (Å²) < 4.78 is 10.9. The number of hydrogen-bond acceptors (Lipinski definition) is 7. The summed E-state index contributed by atoms with van der Waals surface area (Å²) in [6, 6.07) is 9.75. The Morgan fingerprint density at radius 3 is 2.46 bits per heavy atom. The fourth-order valence-electron chi connectivity index (χ4n) is 5.35. The van der Waals surface area contributed by atoms with Gasteiger partial charge in [0.15, 0.2) is 0 Å². The normalized spacial score (nSPS) is 14.6. The van der Waals surface area contributed by atoms with Gasteiger partial charge < -0.3 is 19.7 Å². The Hall–Kier alpha value is -3.37. The summed E-state index contributed by atoms with van der Waals surface area (Å²) in [5.41, 5.74) is 4.27. The number of fused-ring (bicyclic) bond motifs is 2. The van der Waals surface area contributed by atoms with Crippen LogP contribution in [0.4, 0.5) is 14.6 Å². The maximum Gasteiger partial charge on any atom is 0.410 e. The first-order chi connectivity index (χ1) is 19.6. The molecular formula is C31H37N3O5S2. The zero-order chi connectivity index (χ0) is 29.1. The van der Waals surface area contributed by atoms with Crippen molar-refractivity contribution >= 4 is 45.8 Å². The number of thiophene rings is 2. The maximum absolute atomic E-state index is 13.2. The number of nitrogens with one attached hydrogen (secondary N) is 2. The molecule has 0 saturated heterocycles. The van der Waals surface area contributed by atoms with Crippen LogP contribution in [0.15, 0.2) is 30.3 Å². The standard InChI is InChI=1S/C31H37N3O5S2/c1-5-38-28(35)25-21-13-9-10-14-23(21)41-27(25)33-29(36)32-17-22-20-15-16-34(30(37)39-31(2,3)4)18-24(20)40-26(22)19-11-7-6-8-12-19/h6-8,11-12H,5,9-10,13-18H2,1-4H3,(H2,32,33,36). The van der Waals surface area contributed by atoms with Crippen LogP contribution in [0.1, 0.15) is 77.3 Å². The van der Waals surface area contributed by atoms with Crippen LogP contribution in [-0.2, 0) is 41.8 Å². The first-order valence-electron chi connectivity index (χ1n) is 14.2. The summed E-state index contributed by atoms with van der Waals surface area (Å²) in [5.74, 6) is -0.380. The Labute approximate surface area is 249 Å². The molecule has 0 spiro atoms. The number of amides is 3. The molecule has 0 radical (unpaired) electrons. The zero-order valence-electron chi connectivity index (χ0n) is 24.1. The van der Waals surface area contributed by atoms with Crippen molar-refractivity contribution in [1.29, 1.82) is 0 Å². The second kappa shape index (κ2) is 12.2. The van der Waals surface area contributed by atoms with Crippen LogP contribution in [0, 0.1) is 0 Å². The summed E-state index contributed by atoms with van der Waals surface area (Å²) in [4.78, 5) is 43.9. The van der Waals surface area contributed by atoms with Gasteiger partial charge in [-0.3, -0.25) is 5.32 Å². The lowest BCUT2D eigenvalue weighted by Crippen LogP contribution is -2.39. The molecule has 41 heavy (non-hydrogen) atoms. The Balaban J connectivity index is 1.36. The Morgan fingerprint density at radius 2 is 1.73 bits per heavy atom. The van der Waals surface area contributed by atoms with Gasteiger partial charge in [0.25, 0.3) is 0 Å². The van der Waals surface area contributed by atoms with Gasteiger partial charge in [0.1, 0.15) is 10.6 Å². The minimum Gasteiger partial charge on any atom is -0.462 e. The highest BCUT2D eigenvalue weighted by Crippen LogP contribution is 2.41. The van der Waals surface area contributed by atoms with Gasteiger partial charge in [-0.25, -0.2) is 14.4 Å². The van der Waals surface area contributed by atoms with E-state index in [1.165, 1.54) is 16.9 Å². The van der Waals surface area contributed by atoms with E-state index >= 15 is 0 Å². The lowest BCUT2D eigenvalue weighted by atomic mass is 9.95. The number of carbonyl (C=O) groups is 3. The van der Waals surface area contributed by atoms with Crippen LogP contribution in [0.3, 0.4) is 0 Å². The largest absolute Gasteiger partial charge is 0.462 e. The SMILES string of the molecule is CCOC(=O)c1c(NC(=O)NCc2c(-c3ccccc3)sc3c2CCN(C(=O)OC(C)(C)C)C3)sc2c1CCCC2. The predicted molar refractivity (Wildman–Crippen MR) is 163 cm³/mol. The van der Waals surface area contributed by atoms with Crippen LogP contribution in [0.5, 0.6) is 0 Å². The molecule has 2 aliphatic rings. The zero-order valence-corrected chi connectivity index (χ0v) is 25.7. The number of urea groups is 1. The van der Waals surface area contributed by atoms with Crippen molar-refractivity contribution in [3.8, 4) is 10.4 Å². The van der Waals surface area contributed by atoms with E-state index in [1.54, 1.807) is 23.2 Å². The van der Waals surface area contributed by atoms with Crippen LogP contribution in [-0.4, -0.2) is 41.7 Å².